The Balaban J connectivity index is 2.86. The number of rotatable bonds is 1. The highest BCUT2D eigenvalue weighted by Gasteiger charge is 2.08. The number of pyridine rings is 1. The van der Waals surface area contributed by atoms with Gasteiger partial charge in [0.2, 0.25) is 0 Å². The molecule has 1 aromatic heterocycles. The zero-order valence-electron chi connectivity index (χ0n) is 8.42. The predicted octanol–water partition coefficient (Wildman–Crippen LogP) is 1.72. The first-order valence-electron chi connectivity index (χ1n) is 4.67. The molecule has 2 aromatic rings. The van der Waals surface area contributed by atoms with E-state index in [1.165, 1.54) is 12.1 Å². The molecule has 15 heavy (non-hydrogen) atoms. The van der Waals surface area contributed by atoms with Gasteiger partial charge in [-0.15, -0.1) is 0 Å². The minimum absolute atomic E-state index is 0.278. The second-order valence-electron chi connectivity index (χ2n) is 3.47. The van der Waals surface area contributed by atoms with Gasteiger partial charge in [0.25, 0.3) is 0 Å². The van der Waals surface area contributed by atoms with Crippen LogP contribution in [-0.2, 0) is 6.54 Å². The molecule has 0 aliphatic carbocycles. The van der Waals surface area contributed by atoms with Crippen molar-refractivity contribution >= 4 is 16.7 Å². The molecule has 4 heteroatoms. The molecule has 0 unspecified atom stereocenters. The monoisotopic (exact) mass is 205 g/mol. The number of aromatic nitrogens is 1. The van der Waals surface area contributed by atoms with Gasteiger partial charge in [0, 0.05) is 17.5 Å². The molecule has 78 valence electrons. The summed E-state index contributed by atoms with van der Waals surface area (Å²) < 4.78 is 13.1. The number of nitrogen functional groups attached to an aromatic ring is 1. The van der Waals surface area contributed by atoms with Crippen LogP contribution >= 0.6 is 0 Å². The van der Waals surface area contributed by atoms with E-state index in [-0.39, 0.29) is 5.82 Å². The summed E-state index contributed by atoms with van der Waals surface area (Å²) in [6.45, 7) is 2.19. The van der Waals surface area contributed by atoms with Crippen molar-refractivity contribution in [2.24, 2.45) is 5.73 Å². The van der Waals surface area contributed by atoms with E-state index in [9.17, 15) is 4.39 Å². The van der Waals surface area contributed by atoms with Gasteiger partial charge in [-0.1, -0.05) is 0 Å². The van der Waals surface area contributed by atoms with E-state index in [0.717, 1.165) is 16.5 Å². The summed E-state index contributed by atoms with van der Waals surface area (Å²) in [7, 11) is 0. The molecular formula is C11H12FN3. The first-order chi connectivity index (χ1) is 7.13. The van der Waals surface area contributed by atoms with Crippen LogP contribution in [0.3, 0.4) is 0 Å². The number of aryl methyl sites for hydroxylation is 1. The Labute approximate surface area is 86.9 Å². The van der Waals surface area contributed by atoms with E-state index in [0.29, 0.717) is 17.9 Å². The third kappa shape index (κ3) is 1.53. The third-order valence-corrected chi connectivity index (χ3v) is 2.57. The largest absolute Gasteiger partial charge is 0.383 e. The van der Waals surface area contributed by atoms with Gasteiger partial charge >= 0.3 is 0 Å². The molecule has 0 saturated carbocycles. The van der Waals surface area contributed by atoms with Gasteiger partial charge in [0.15, 0.2) is 0 Å². The van der Waals surface area contributed by atoms with Crippen LogP contribution in [0.1, 0.15) is 11.1 Å². The standard InChI is InChI=1S/C11H12FN3/c1-6-8-4-7(12)2-3-10(8)15-11(14)9(6)5-13/h2-4H,5,13H2,1H3,(H2,14,15). The Hall–Kier alpha value is -1.68. The molecule has 0 spiro atoms. The predicted molar refractivity (Wildman–Crippen MR) is 58.7 cm³/mol. The number of hydrogen-bond acceptors (Lipinski definition) is 3. The van der Waals surface area contributed by atoms with Crippen LogP contribution in [0.2, 0.25) is 0 Å². The number of nitrogens with zero attached hydrogens (tertiary/aromatic N) is 1. The quantitative estimate of drug-likeness (QED) is 0.745. The topological polar surface area (TPSA) is 64.9 Å². The molecule has 1 aromatic carbocycles. The molecule has 2 rings (SSSR count). The molecular weight excluding hydrogens is 193 g/mol. The van der Waals surface area contributed by atoms with Gasteiger partial charge in [-0.25, -0.2) is 9.37 Å². The average molecular weight is 205 g/mol. The lowest BCUT2D eigenvalue weighted by molar-refractivity contribution is 0.629. The highest BCUT2D eigenvalue weighted by molar-refractivity contribution is 5.85. The van der Waals surface area contributed by atoms with Gasteiger partial charge in [-0.2, -0.15) is 0 Å². The fourth-order valence-corrected chi connectivity index (χ4v) is 1.72. The van der Waals surface area contributed by atoms with Crippen molar-refractivity contribution in [3.63, 3.8) is 0 Å². The molecule has 0 saturated heterocycles. The molecule has 0 radical (unpaired) electrons. The fraction of sp³-hybridized carbons (Fsp3) is 0.182. The summed E-state index contributed by atoms with van der Waals surface area (Å²) >= 11 is 0. The maximum Gasteiger partial charge on any atom is 0.128 e. The first kappa shape index (κ1) is 9.86. The van der Waals surface area contributed by atoms with E-state index in [1.807, 2.05) is 6.92 Å². The maximum absolute atomic E-state index is 13.1. The van der Waals surface area contributed by atoms with Gasteiger partial charge in [-0.3, -0.25) is 0 Å². The minimum Gasteiger partial charge on any atom is -0.383 e. The summed E-state index contributed by atoms with van der Waals surface area (Å²) in [5.41, 5.74) is 13.7. The van der Waals surface area contributed by atoms with Crippen molar-refractivity contribution < 1.29 is 4.39 Å². The lowest BCUT2D eigenvalue weighted by Gasteiger charge is -2.09. The van der Waals surface area contributed by atoms with Crippen LogP contribution in [0.25, 0.3) is 10.9 Å². The van der Waals surface area contributed by atoms with Crippen molar-refractivity contribution in [1.82, 2.24) is 4.98 Å². The van der Waals surface area contributed by atoms with Gasteiger partial charge in [0.1, 0.15) is 11.6 Å². The summed E-state index contributed by atoms with van der Waals surface area (Å²) in [5, 5.41) is 0.768. The molecule has 1 heterocycles. The van der Waals surface area contributed by atoms with Crippen LogP contribution in [0, 0.1) is 12.7 Å². The molecule has 3 nitrogen and oxygen atoms in total. The Morgan fingerprint density at radius 2 is 2.13 bits per heavy atom. The lowest BCUT2D eigenvalue weighted by Crippen LogP contribution is -2.06. The van der Waals surface area contributed by atoms with E-state index < -0.39 is 0 Å². The number of hydrogen-bond donors (Lipinski definition) is 2. The summed E-state index contributed by atoms with van der Waals surface area (Å²) in [6, 6.07) is 4.45. The van der Waals surface area contributed by atoms with Crippen molar-refractivity contribution in [1.29, 1.82) is 0 Å². The molecule has 0 aliphatic heterocycles. The van der Waals surface area contributed by atoms with E-state index in [2.05, 4.69) is 4.98 Å². The highest BCUT2D eigenvalue weighted by Crippen LogP contribution is 2.24. The second kappa shape index (κ2) is 3.47. The Bertz CT molecular complexity index is 523. The van der Waals surface area contributed by atoms with E-state index >= 15 is 0 Å². The number of benzene rings is 1. The van der Waals surface area contributed by atoms with Crippen LogP contribution in [-0.4, -0.2) is 4.98 Å². The van der Waals surface area contributed by atoms with Crippen LogP contribution < -0.4 is 11.5 Å². The number of anilines is 1. The van der Waals surface area contributed by atoms with Crippen LogP contribution in [0.15, 0.2) is 18.2 Å². The van der Waals surface area contributed by atoms with Crippen molar-refractivity contribution in [3.8, 4) is 0 Å². The molecule has 4 N–H and O–H groups in total. The zero-order chi connectivity index (χ0) is 11.0. The molecule has 0 bridgehead atoms. The van der Waals surface area contributed by atoms with E-state index in [4.69, 9.17) is 11.5 Å². The van der Waals surface area contributed by atoms with Gasteiger partial charge in [-0.05, 0) is 30.7 Å². The number of fused-ring (bicyclic) bond motifs is 1. The summed E-state index contributed by atoms with van der Waals surface area (Å²) in [5.74, 6) is 0.147. The van der Waals surface area contributed by atoms with Crippen molar-refractivity contribution in [2.75, 3.05) is 5.73 Å². The maximum atomic E-state index is 13.1. The van der Waals surface area contributed by atoms with Crippen LogP contribution in [0.4, 0.5) is 10.2 Å². The summed E-state index contributed by atoms with van der Waals surface area (Å²) in [4.78, 5) is 4.18. The van der Waals surface area contributed by atoms with Crippen LogP contribution in [0.5, 0.6) is 0 Å². The van der Waals surface area contributed by atoms with E-state index in [1.54, 1.807) is 6.07 Å². The zero-order valence-corrected chi connectivity index (χ0v) is 8.42. The normalized spacial score (nSPS) is 10.9. The number of halogens is 1. The minimum atomic E-state index is -0.278. The van der Waals surface area contributed by atoms with Crippen molar-refractivity contribution in [3.05, 3.63) is 35.1 Å². The Kier molecular flexibility index (Phi) is 2.28. The molecule has 0 fully saturated rings. The lowest BCUT2D eigenvalue weighted by atomic mass is 10.0. The number of nitrogens with two attached hydrogens (primary N) is 2. The highest BCUT2D eigenvalue weighted by atomic mass is 19.1. The Morgan fingerprint density at radius 3 is 2.80 bits per heavy atom. The fourth-order valence-electron chi connectivity index (χ4n) is 1.72. The smallest absolute Gasteiger partial charge is 0.128 e. The first-order valence-corrected chi connectivity index (χ1v) is 4.67. The van der Waals surface area contributed by atoms with Crippen molar-refractivity contribution in [2.45, 2.75) is 13.5 Å². The SMILES string of the molecule is Cc1c(CN)c(N)nc2ccc(F)cc12. The Morgan fingerprint density at radius 1 is 1.40 bits per heavy atom. The molecule has 0 atom stereocenters. The summed E-state index contributed by atoms with van der Waals surface area (Å²) in [6.07, 6.45) is 0. The average Bonchev–Trinajstić information content (AvgIpc) is 2.20. The second-order valence-corrected chi connectivity index (χ2v) is 3.47. The molecule has 0 amide bonds. The third-order valence-electron chi connectivity index (χ3n) is 2.57. The van der Waals surface area contributed by atoms with Gasteiger partial charge in [0.05, 0.1) is 5.52 Å². The molecule has 0 aliphatic rings. The van der Waals surface area contributed by atoms with Gasteiger partial charge < -0.3 is 11.5 Å².